The molecule has 4 N–H and O–H groups in total. The number of benzene rings is 1. The van der Waals surface area contributed by atoms with E-state index in [4.69, 9.17) is 12.2 Å². The lowest BCUT2D eigenvalue weighted by atomic mass is 9.91. The summed E-state index contributed by atoms with van der Waals surface area (Å²) in [5, 5.41) is 13.7. The number of amides is 2. The molecule has 33 heavy (non-hydrogen) atoms. The predicted octanol–water partition coefficient (Wildman–Crippen LogP) is 4.22. The van der Waals surface area contributed by atoms with Crippen molar-refractivity contribution in [3.05, 3.63) is 46.1 Å². The molecule has 5 rings (SSSR count). The highest BCUT2D eigenvalue weighted by Crippen LogP contribution is 2.40. The van der Waals surface area contributed by atoms with Crippen molar-refractivity contribution >= 4 is 51.2 Å². The van der Waals surface area contributed by atoms with E-state index in [-0.39, 0.29) is 29.6 Å². The standard InChI is InChI=1S/C24H27FN4O2S2/c25-15-5-7-16(8-6-15)27-24(32)28-17-9-10-19-18(11-17)20(22(31)26-12-13-1-2-13)23(33-19)29-21(30)14-3-4-14/h5-8,13-14,17H,1-4,9-12H2,(H,26,31)(H,29,30)(H2,27,28,32). The summed E-state index contributed by atoms with van der Waals surface area (Å²) in [6.07, 6.45) is 6.52. The molecular formula is C24H27FN4O2S2. The molecule has 6 nitrogen and oxygen atoms in total. The number of halogens is 1. The van der Waals surface area contributed by atoms with Crippen molar-refractivity contribution in [2.45, 2.75) is 51.0 Å². The van der Waals surface area contributed by atoms with E-state index >= 15 is 0 Å². The van der Waals surface area contributed by atoms with E-state index in [2.05, 4.69) is 21.3 Å². The van der Waals surface area contributed by atoms with Crippen LogP contribution in [0.5, 0.6) is 0 Å². The number of carbonyl (C=O) groups is 2. The summed E-state index contributed by atoms with van der Waals surface area (Å²) < 4.78 is 13.1. The second-order valence-corrected chi connectivity index (χ2v) is 10.7. The van der Waals surface area contributed by atoms with Crippen LogP contribution in [0.3, 0.4) is 0 Å². The van der Waals surface area contributed by atoms with Crippen LogP contribution in [0.1, 0.15) is 52.9 Å². The molecule has 0 spiro atoms. The summed E-state index contributed by atoms with van der Waals surface area (Å²) in [5.41, 5.74) is 2.34. The largest absolute Gasteiger partial charge is 0.359 e. The highest BCUT2D eigenvalue weighted by Gasteiger charge is 2.34. The molecule has 0 saturated heterocycles. The van der Waals surface area contributed by atoms with Gasteiger partial charge in [-0.3, -0.25) is 9.59 Å². The third-order valence-electron chi connectivity index (χ3n) is 6.36. The Hall–Kier alpha value is -2.52. The molecule has 1 heterocycles. The summed E-state index contributed by atoms with van der Waals surface area (Å²) in [5.74, 6) is 0.282. The van der Waals surface area contributed by atoms with E-state index in [1.807, 2.05) is 0 Å². The third-order valence-corrected chi connectivity index (χ3v) is 7.79. The first-order valence-electron chi connectivity index (χ1n) is 11.5. The van der Waals surface area contributed by atoms with Crippen molar-refractivity contribution in [2.24, 2.45) is 11.8 Å². The van der Waals surface area contributed by atoms with Gasteiger partial charge in [-0.15, -0.1) is 11.3 Å². The van der Waals surface area contributed by atoms with Crippen LogP contribution >= 0.6 is 23.6 Å². The molecule has 2 fully saturated rings. The Labute approximate surface area is 201 Å². The van der Waals surface area contributed by atoms with E-state index in [1.165, 1.54) is 23.5 Å². The SMILES string of the molecule is O=C(NCC1CC1)c1c(NC(=O)C2CC2)sc2c1CC(NC(=S)Nc1ccc(F)cc1)CC2. The van der Waals surface area contributed by atoms with Gasteiger partial charge < -0.3 is 21.3 Å². The zero-order chi connectivity index (χ0) is 22.9. The zero-order valence-corrected chi connectivity index (χ0v) is 19.8. The minimum Gasteiger partial charge on any atom is -0.359 e. The van der Waals surface area contributed by atoms with Gasteiger partial charge in [0.2, 0.25) is 5.91 Å². The summed E-state index contributed by atoms with van der Waals surface area (Å²) in [4.78, 5) is 26.8. The van der Waals surface area contributed by atoms with Gasteiger partial charge in [0.1, 0.15) is 10.8 Å². The van der Waals surface area contributed by atoms with E-state index in [0.717, 1.165) is 49.0 Å². The van der Waals surface area contributed by atoms with Gasteiger partial charge in [-0.1, -0.05) is 0 Å². The highest BCUT2D eigenvalue weighted by atomic mass is 32.1. The molecule has 2 amide bonds. The maximum atomic E-state index is 13.2. The number of hydrogen-bond acceptors (Lipinski definition) is 4. The molecule has 9 heteroatoms. The van der Waals surface area contributed by atoms with Crippen molar-refractivity contribution in [3.63, 3.8) is 0 Å². The van der Waals surface area contributed by atoms with Crippen molar-refractivity contribution in [1.29, 1.82) is 0 Å². The molecule has 1 unspecified atom stereocenters. The number of carbonyl (C=O) groups excluding carboxylic acids is 2. The van der Waals surface area contributed by atoms with Gasteiger partial charge in [0.25, 0.3) is 5.91 Å². The Balaban J connectivity index is 1.29. The van der Waals surface area contributed by atoms with Crippen molar-refractivity contribution in [1.82, 2.24) is 10.6 Å². The Morgan fingerprint density at radius 2 is 1.82 bits per heavy atom. The van der Waals surface area contributed by atoms with Crippen LogP contribution in [0.4, 0.5) is 15.1 Å². The van der Waals surface area contributed by atoms with Crippen molar-refractivity contribution in [3.8, 4) is 0 Å². The van der Waals surface area contributed by atoms with Gasteiger partial charge in [-0.2, -0.15) is 0 Å². The lowest BCUT2D eigenvalue weighted by Crippen LogP contribution is -2.41. The van der Waals surface area contributed by atoms with Crippen molar-refractivity contribution in [2.75, 3.05) is 17.2 Å². The molecule has 2 aromatic rings. The summed E-state index contributed by atoms with van der Waals surface area (Å²) in [7, 11) is 0. The normalized spacial score (nSPS) is 19.4. The quantitative estimate of drug-likeness (QED) is 0.441. The topological polar surface area (TPSA) is 82.3 Å². The Bertz CT molecular complexity index is 1080. The Kier molecular flexibility index (Phi) is 6.34. The monoisotopic (exact) mass is 486 g/mol. The number of nitrogens with one attached hydrogen (secondary N) is 4. The number of thiophene rings is 1. The predicted molar refractivity (Wildman–Crippen MR) is 132 cm³/mol. The van der Waals surface area contributed by atoms with Gasteiger partial charge in [0.15, 0.2) is 5.11 Å². The molecule has 1 aromatic heterocycles. The lowest BCUT2D eigenvalue weighted by molar-refractivity contribution is -0.117. The number of aryl methyl sites for hydroxylation is 1. The van der Waals surface area contributed by atoms with Gasteiger partial charge in [-0.05, 0) is 92.9 Å². The highest BCUT2D eigenvalue weighted by molar-refractivity contribution is 7.80. The van der Waals surface area contributed by atoms with Crippen LogP contribution in [-0.4, -0.2) is 29.5 Å². The number of rotatable bonds is 7. The van der Waals surface area contributed by atoms with E-state index < -0.39 is 0 Å². The molecule has 174 valence electrons. The van der Waals surface area contributed by atoms with Gasteiger partial charge in [-0.25, -0.2) is 4.39 Å². The number of thiocarbonyl (C=S) groups is 1. The summed E-state index contributed by atoms with van der Waals surface area (Å²) >= 11 is 6.99. The van der Waals surface area contributed by atoms with E-state index in [0.29, 0.717) is 40.2 Å². The van der Waals surface area contributed by atoms with Crippen LogP contribution in [0.2, 0.25) is 0 Å². The molecule has 1 aromatic carbocycles. The Morgan fingerprint density at radius 1 is 1.06 bits per heavy atom. The fourth-order valence-electron chi connectivity index (χ4n) is 4.13. The molecule has 0 radical (unpaired) electrons. The van der Waals surface area contributed by atoms with Crippen LogP contribution in [0.15, 0.2) is 24.3 Å². The maximum Gasteiger partial charge on any atom is 0.254 e. The minimum absolute atomic E-state index is 0.0178. The zero-order valence-electron chi connectivity index (χ0n) is 18.2. The van der Waals surface area contributed by atoms with E-state index in [1.54, 1.807) is 12.1 Å². The van der Waals surface area contributed by atoms with Crippen molar-refractivity contribution < 1.29 is 14.0 Å². The van der Waals surface area contributed by atoms with Gasteiger partial charge in [0.05, 0.1) is 5.56 Å². The fourth-order valence-corrected chi connectivity index (χ4v) is 5.66. The average Bonchev–Trinajstić information content (AvgIpc) is 3.70. The fraction of sp³-hybridized carbons (Fsp3) is 0.458. The summed E-state index contributed by atoms with van der Waals surface area (Å²) in [6.45, 7) is 0.687. The van der Waals surface area contributed by atoms with Gasteiger partial charge in [0, 0.05) is 29.1 Å². The average molecular weight is 487 g/mol. The number of anilines is 2. The summed E-state index contributed by atoms with van der Waals surface area (Å²) in [6, 6.07) is 6.10. The lowest BCUT2D eigenvalue weighted by Gasteiger charge is -2.25. The smallest absolute Gasteiger partial charge is 0.254 e. The molecular weight excluding hydrogens is 459 g/mol. The van der Waals surface area contributed by atoms with Crippen LogP contribution < -0.4 is 21.3 Å². The molecule has 2 saturated carbocycles. The minimum atomic E-state index is -0.297. The molecule has 0 aliphatic heterocycles. The number of hydrogen-bond donors (Lipinski definition) is 4. The number of fused-ring (bicyclic) bond motifs is 1. The van der Waals surface area contributed by atoms with Crippen LogP contribution in [0.25, 0.3) is 0 Å². The Morgan fingerprint density at radius 3 is 2.52 bits per heavy atom. The molecule has 0 bridgehead atoms. The van der Waals surface area contributed by atoms with Gasteiger partial charge >= 0.3 is 0 Å². The first kappa shape index (κ1) is 22.3. The second kappa shape index (κ2) is 9.38. The first-order chi connectivity index (χ1) is 16.0. The van der Waals surface area contributed by atoms with E-state index in [9.17, 15) is 14.0 Å². The first-order valence-corrected chi connectivity index (χ1v) is 12.8. The van der Waals surface area contributed by atoms with Crippen LogP contribution in [0, 0.1) is 17.7 Å². The molecule has 3 aliphatic rings. The maximum absolute atomic E-state index is 13.2. The molecule has 1 atom stereocenters. The molecule has 3 aliphatic carbocycles. The van der Waals surface area contributed by atoms with Crippen LogP contribution in [-0.2, 0) is 17.6 Å². The third kappa shape index (κ3) is 5.52. The second-order valence-electron chi connectivity index (χ2n) is 9.17.